The highest BCUT2D eigenvalue weighted by atomic mass is 16.4. The Morgan fingerprint density at radius 2 is 0.812 bits per heavy atom. The summed E-state index contributed by atoms with van der Waals surface area (Å²) in [6, 6.07) is 4.34. The van der Waals surface area contributed by atoms with Gasteiger partial charge in [-0.25, -0.2) is 15.0 Å². The first kappa shape index (κ1) is 49.1. The number of imidazole rings is 3. The maximum atomic E-state index is 13.2. The molecule has 0 aliphatic heterocycles. The van der Waals surface area contributed by atoms with E-state index in [1.165, 1.54) is 72.0 Å². The first-order valence-corrected chi connectivity index (χ1v) is 20.9. The van der Waals surface area contributed by atoms with E-state index in [1.54, 1.807) is 59.2 Å². The van der Waals surface area contributed by atoms with Gasteiger partial charge in [0.1, 0.15) is 17.1 Å². The molecule has 0 bridgehead atoms. The fourth-order valence-corrected chi connectivity index (χ4v) is 6.74. The van der Waals surface area contributed by atoms with Gasteiger partial charge in [0, 0.05) is 118 Å². The van der Waals surface area contributed by atoms with Crippen molar-refractivity contribution in [3.63, 3.8) is 0 Å². The summed E-state index contributed by atoms with van der Waals surface area (Å²) < 4.78 is 8.81. The van der Waals surface area contributed by atoms with Gasteiger partial charge in [0.15, 0.2) is 17.5 Å². The minimum Gasteiger partial charge on any atom is -0.481 e. The molecule has 0 aromatic carbocycles. The maximum Gasteiger partial charge on any atom is 0.305 e. The van der Waals surface area contributed by atoms with Gasteiger partial charge in [0.05, 0.1) is 23.5 Å². The van der Waals surface area contributed by atoms with Gasteiger partial charge in [0.2, 0.25) is 23.5 Å². The van der Waals surface area contributed by atoms with Crippen LogP contribution in [0.2, 0.25) is 0 Å². The quantitative estimate of drug-likeness (QED) is 0.0501. The Balaban J connectivity index is 0.916. The molecule has 6 aromatic rings. The normalized spacial score (nSPS) is 10.8. The molecule has 0 saturated carbocycles. The van der Waals surface area contributed by atoms with Gasteiger partial charge in [0.25, 0.3) is 35.4 Å². The summed E-state index contributed by atoms with van der Waals surface area (Å²) in [6.07, 6.45) is 10.0. The molecule has 0 spiro atoms. The highest BCUT2D eigenvalue weighted by molar-refractivity contribution is 6.05. The van der Waals surface area contributed by atoms with E-state index in [-0.39, 0.29) is 96.5 Å². The lowest BCUT2D eigenvalue weighted by molar-refractivity contribution is -0.136. The van der Waals surface area contributed by atoms with E-state index in [4.69, 9.17) is 5.11 Å². The van der Waals surface area contributed by atoms with Gasteiger partial charge in [-0.2, -0.15) is 0 Å². The molecule has 0 fully saturated rings. The Hall–Kier alpha value is -9.30. The molecule has 0 aliphatic rings. The zero-order valence-electron chi connectivity index (χ0n) is 38.2. The van der Waals surface area contributed by atoms with Gasteiger partial charge < -0.3 is 75.0 Å². The van der Waals surface area contributed by atoms with E-state index in [9.17, 15) is 43.2 Å². The first-order valence-electron chi connectivity index (χ1n) is 20.9. The number of nitrogens with zero attached hydrogens (tertiary/aromatic N) is 9. The van der Waals surface area contributed by atoms with Crippen molar-refractivity contribution in [2.24, 2.45) is 42.3 Å². The topological polar surface area (TPSA) is 338 Å². The molecule has 27 nitrogen and oxygen atoms in total. The van der Waals surface area contributed by atoms with Gasteiger partial charge >= 0.3 is 5.97 Å². The number of rotatable bonds is 20. The maximum absolute atomic E-state index is 13.2. The van der Waals surface area contributed by atoms with E-state index in [0.29, 0.717) is 5.69 Å². The lowest BCUT2D eigenvalue weighted by Gasteiger charge is -2.06. The standard InChI is InChI=1S/C42H49N17O10/c1-54-14-13-43-34(54)40(67)47-23-15-26(55(2)18-23)37(64)44-10-7-31(60)50-29-21-58(5)35(52-29)41(68)48-24-16-27(56(3)19-24)38(65)45-11-8-32(61)51-30-22-59(6)36(53-30)42(69)49-25-17-28(57(4)20-25)39(66)46-12-9-33(62)63/h13-22H,7-12H2,1-6H3,(H,44,64)(H,45,65)(H,46,66)(H,47,67)(H,48,68)(H,49,69)(H,50,60)(H,51,61)(H,62,63). The summed E-state index contributed by atoms with van der Waals surface area (Å²) in [7, 11) is 9.58. The number of anilines is 5. The average molecular weight is 952 g/mol. The number of hydrogen-bond acceptors (Lipinski definition) is 12. The first-order chi connectivity index (χ1) is 32.8. The average Bonchev–Trinajstić information content (AvgIpc) is 4.14. The number of aliphatic carboxylic acids is 1. The number of carboxylic acid groups (broad SMARTS) is 1. The van der Waals surface area contributed by atoms with Crippen LogP contribution in [0, 0.1) is 0 Å². The molecule has 0 atom stereocenters. The van der Waals surface area contributed by atoms with Gasteiger partial charge in [-0.15, -0.1) is 0 Å². The van der Waals surface area contributed by atoms with Crippen LogP contribution in [0.3, 0.4) is 0 Å². The number of carboxylic acids is 1. The Bertz CT molecular complexity index is 2980. The summed E-state index contributed by atoms with van der Waals surface area (Å²) in [4.78, 5) is 126. The Morgan fingerprint density at radius 1 is 0.449 bits per heavy atom. The summed E-state index contributed by atoms with van der Waals surface area (Å²) in [5, 5.41) is 29.8. The van der Waals surface area contributed by atoms with Crippen LogP contribution in [0.4, 0.5) is 28.7 Å². The highest BCUT2D eigenvalue weighted by Gasteiger charge is 2.22. The molecule has 362 valence electrons. The number of aromatic nitrogens is 9. The molecule has 0 aliphatic carbocycles. The molecule has 9 N–H and O–H groups in total. The predicted octanol–water partition coefficient (Wildman–Crippen LogP) is 0.381. The summed E-state index contributed by atoms with van der Waals surface area (Å²) in [5.74, 6) is -5.08. The van der Waals surface area contributed by atoms with E-state index in [0.717, 1.165) is 0 Å². The molecule has 0 radical (unpaired) electrons. The molecule has 6 heterocycles. The fourth-order valence-electron chi connectivity index (χ4n) is 6.74. The zero-order chi connectivity index (χ0) is 50.1. The third-order valence-corrected chi connectivity index (χ3v) is 10.1. The van der Waals surface area contributed by atoms with Crippen molar-refractivity contribution in [1.29, 1.82) is 0 Å². The number of carbonyl (C=O) groups is 9. The summed E-state index contributed by atoms with van der Waals surface area (Å²) in [5.41, 5.74) is 1.51. The molecule has 6 aromatic heterocycles. The largest absolute Gasteiger partial charge is 0.481 e. The molecular formula is C42H49N17O10. The third kappa shape index (κ3) is 12.5. The SMILES string of the molecule is Cn1cc(NC(=O)c2nc(NC(=O)CCNC(=O)c3cc(NC(=O)c4nc(NC(=O)CCNC(=O)c5cc(NC(=O)c6nccn6C)cn5C)cn4C)cn3C)cn2C)cc1C(=O)NCCC(=O)O. The fraction of sp³-hybridized carbons (Fsp3) is 0.286. The third-order valence-electron chi connectivity index (χ3n) is 10.1. The number of nitrogens with one attached hydrogen (secondary N) is 8. The van der Waals surface area contributed by atoms with E-state index in [1.807, 2.05) is 0 Å². The van der Waals surface area contributed by atoms with Gasteiger partial charge in [-0.05, 0) is 18.2 Å². The second kappa shape index (κ2) is 21.3. The van der Waals surface area contributed by atoms with Crippen molar-refractivity contribution in [1.82, 2.24) is 58.3 Å². The van der Waals surface area contributed by atoms with Gasteiger partial charge in [-0.1, -0.05) is 0 Å². The van der Waals surface area contributed by atoms with Crippen molar-refractivity contribution in [2.75, 3.05) is 46.2 Å². The second-order valence-electron chi connectivity index (χ2n) is 15.5. The Labute approximate surface area is 391 Å². The van der Waals surface area contributed by atoms with Crippen molar-refractivity contribution in [2.45, 2.75) is 19.3 Å². The lowest BCUT2D eigenvalue weighted by atomic mass is 10.3. The van der Waals surface area contributed by atoms with Crippen LogP contribution < -0.4 is 42.5 Å². The number of carbonyl (C=O) groups excluding carboxylic acids is 8. The van der Waals surface area contributed by atoms with Crippen LogP contribution in [-0.4, -0.2) is 120 Å². The zero-order valence-corrected chi connectivity index (χ0v) is 38.2. The minimum absolute atomic E-state index is 0.0267. The van der Waals surface area contributed by atoms with Crippen molar-refractivity contribution in [3.05, 3.63) is 96.1 Å². The van der Waals surface area contributed by atoms with Crippen LogP contribution in [0.25, 0.3) is 0 Å². The molecule has 8 amide bonds. The van der Waals surface area contributed by atoms with Crippen LogP contribution >= 0.6 is 0 Å². The lowest BCUT2D eigenvalue weighted by Crippen LogP contribution is -2.29. The van der Waals surface area contributed by atoms with Crippen LogP contribution in [-0.2, 0) is 56.7 Å². The van der Waals surface area contributed by atoms with E-state index < -0.39 is 53.2 Å². The molecular weight excluding hydrogens is 903 g/mol. The number of aryl methyl sites for hydroxylation is 6. The minimum atomic E-state index is -1.06. The monoisotopic (exact) mass is 951 g/mol. The van der Waals surface area contributed by atoms with Crippen LogP contribution in [0.1, 0.15) is 82.6 Å². The van der Waals surface area contributed by atoms with Crippen molar-refractivity contribution in [3.8, 4) is 0 Å². The predicted molar refractivity (Wildman–Crippen MR) is 245 cm³/mol. The van der Waals surface area contributed by atoms with Crippen molar-refractivity contribution >= 4 is 81.9 Å². The van der Waals surface area contributed by atoms with Crippen molar-refractivity contribution < 1.29 is 48.3 Å². The molecule has 69 heavy (non-hydrogen) atoms. The molecule has 27 heteroatoms. The van der Waals surface area contributed by atoms with E-state index >= 15 is 0 Å². The number of amides is 8. The van der Waals surface area contributed by atoms with Crippen LogP contribution in [0.15, 0.2) is 61.6 Å². The van der Waals surface area contributed by atoms with Crippen LogP contribution in [0.5, 0.6) is 0 Å². The Morgan fingerprint density at radius 3 is 1.16 bits per heavy atom. The summed E-state index contributed by atoms with van der Waals surface area (Å²) in [6.45, 7) is -0.170. The molecule has 0 saturated heterocycles. The Kier molecular flexibility index (Phi) is 15.2. The molecule has 0 unspecified atom stereocenters. The van der Waals surface area contributed by atoms with E-state index in [2.05, 4.69) is 57.5 Å². The summed E-state index contributed by atoms with van der Waals surface area (Å²) >= 11 is 0. The van der Waals surface area contributed by atoms with Gasteiger partial charge in [-0.3, -0.25) is 43.2 Å². The number of hydrogen-bond donors (Lipinski definition) is 9. The second-order valence-corrected chi connectivity index (χ2v) is 15.5. The smallest absolute Gasteiger partial charge is 0.305 e. The molecule has 6 rings (SSSR count). The highest BCUT2D eigenvalue weighted by Crippen LogP contribution is 2.18.